The van der Waals surface area contributed by atoms with Crippen LogP contribution in [0.25, 0.3) is 10.9 Å². The molecule has 1 aliphatic carbocycles. The third-order valence-corrected chi connectivity index (χ3v) is 3.64. The summed E-state index contributed by atoms with van der Waals surface area (Å²) in [5.41, 5.74) is 3.62. The van der Waals surface area contributed by atoms with E-state index in [4.69, 9.17) is 5.11 Å². The molecule has 1 aliphatic rings. The van der Waals surface area contributed by atoms with Crippen molar-refractivity contribution in [2.75, 3.05) is 0 Å². The predicted octanol–water partition coefficient (Wildman–Crippen LogP) is 3.06. The molecule has 3 rings (SSSR count). The number of aromatic amines is 1. The van der Waals surface area contributed by atoms with Crippen LogP contribution >= 0.6 is 0 Å². The molecule has 0 aliphatic heterocycles. The zero-order chi connectivity index (χ0) is 11.8. The first kappa shape index (κ1) is 10.4. The van der Waals surface area contributed by atoms with Crippen molar-refractivity contribution in [1.82, 2.24) is 4.98 Å². The number of hydrogen-bond donors (Lipinski definition) is 2. The topological polar surface area (TPSA) is 53.1 Å². The number of nitrogens with one attached hydrogen (secondary N) is 1. The Hall–Kier alpha value is -1.77. The molecule has 0 amide bonds. The fourth-order valence-corrected chi connectivity index (χ4v) is 2.97. The Balaban J connectivity index is 2.13. The van der Waals surface area contributed by atoms with Gasteiger partial charge in [-0.05, 0) is 36.8 Å². The highest BCUT2D eigenvalue weighted by molar-refractivity contribution is 5.86. The van der Waals surface area contributed by atoms with Crippen LogP contribution in [-0.2, 0) is 11.2 Å². The number of para-hydroxylation sites is 1. The van der Waals surface area contributed by atoms with Gasteiger partial charge in [0.05, 0.1) is 6.42 Å². The molecular formula is C14H15NO2. The van der Waals surface area contributed by atoms with E-state index in [0.717, 1.165) is 24.8 Å². The Bertz CT molecular complexity index is 571. The number of carboxylic acids is 1. The number of hydrogen-bond acceptors (Lipinski definition) is 1. The lowest BCUT2D eigenvalue weighted by molar-refractivity contribution is -0.137. The summed E-state index contributed by atoms with van der Waals surface area (Å²) >= 11 is 0. The number of aryl methyl sites for hydroxylation is 1. The van der Waals surface area contributed by atoms with Crippen LogP contribution in [0.15, 0.2) is 24.3 Å². The summed E-state index contributed by atoms with van der Waals surface area (Å²) in [6.45, 7) is 0. The summed E-state index contributed by atoms with van der Waals surface area (Å²) < 4.78 is 0. The monoisotopic (exact) mass is 229 g/mol. The van der Waals surface area contributed by atoms with Gasteiger partial charge in [-0.2, -0.15) is 0 Å². The number of aromatic nitrogens is 1. The number of benzene rings is 1. The molecule has 0 radical (unpaired) electrons. The van der Waals surface area contributed by atoms with Crippen molar-refractivity contribution >= 4 is 16.9 Å². The van der Waals surface area contributed by atoms with Crippen LogP contribution in [0.5, 0.6) is 0 Å². The van der Waals surface area contributed by atoms with Crippen molar-refractivity contribution in [2.24, 2.45) is 0 Å². The van der Waals surface area contributed by atoms with Crippen LogP contribution in [0.1, 0.15) is 36.4 Å². The lowest BCUT2D eigenvalue weighted by Gasteiger charge is -2.21. The smallest absolute Gasteiger partial charge is 0.303 e. The SMILES string of the molecule is O=C(O)CC1CCCc2[nH]c3ccccc3c21. The summed E-state index contributed by atoms with van der Waals surface area (Å²) in [5.74, 6) is -0.527. The maximum absolute atomic E-state index is 10.9. The molecule has 88 valence electrons. The molecule has 1 aromatic carbocycles. The summed E-state index contributed by atoms with van der Waals surface area (Å²) in [6, 6.07) is 8.18. The van der Waals surface area contributed by atoms with Crippen molar-refractivity contribution in [1.29, 1.82) is 0 Å². The second-order valence-electron chi connectivity index (χ2n) is 4.75. The quantitative estimate of drug-likeness (QED) is 0.831. The van der Waals surface area contributed by atoms with Gasteiger partial charge in [-0.25, -0.2) is 0 Å². The van der Waals surface area contributed by atoms with Gasteiger partial charge in [0, 0.05) is 16.6 Å². The number of carboxylic acid groups (broad SMARTS) is 1. The fourth-order valence-electron chi connectivity index (χ4n) is 2.97. The number of aliphatic carboxylic acids is 1. The molecule has 2 aromatic rings. The molecule has 17 heavy (non-hydrogen) atoms. The van der Waals surface area contributed by atoms with E-state index in [9.17, 15) is 4.79 Å². The molecule has 1 heterocycles. The largest absolute Gasteiger partial charge is 0.481 e. The van der Waals surface area contributed by atoms with Gasteiger partial charge in [0.1, 0.15) is 0 Å². The van der Waals surface area contributed by atoms with Gasteiger partial charge < -0.3 is 10.1 Å². The second-order valence-corrected chi connectivity index (χ2v) is 4.75. The van der Waals surface area contributed by atoms with E-state index < -0.39 is 5.97 Å². The number of carbonyl (C=O) groups is 1. The minimum Gasteiger partial charge on any atom is -0.481 e. The molecule has 1 aromatic heterocycles. The fraction of sp³-hybridized carbons (Fsp3) is 0.357. The van der Waals surface area contributed by atoms with Gasteiger partial charge in [0.15, 0.2) is 0 Å². The first-order chi connectivity index (χ1) is 8.25. The molecule has 0 saturated carbocycles. The van der Waals surface area contributed by atoms with E-state index >= 15 is 0 Å². The third kappa shape index (κ3) is 1.71. The molecular weight excluding hydrogens is 214 g/mol. The number of fused-ring (bicyclic) bond motifs is 3. The lowest BCUT2D eigenvalue weighted by atomic mass is 9.83. The van der Waals surface area contributed by atoms with E-state index in [-0.39, 0.29) is 12.3 Å². The predicted molar refractivity (Wildman–Crippen MR) is 66.2 cm³/mol. The van der Waals surface area contributed by atoms with Crippen molar-refractivity contribution in [3.63, 3.8) is 0 Å². The Morgan fingerprint density at radius 3 is 3.06 bits per heavy atom. The minimum atomic E-state index is -0.701. The van der Waals surface area contributed by atoms with E-state index in [1.54, 1.807) is 0 Å². The van der Waals surface area contributed by atoms with Gasteiger partial charge in [-0.15, -0.1) is 0 Å². The maximum Gasteiger partial charge on any atom is 0.303 e. The highest BCUT2D eigenvalue weighted by Gasteiger charge is 2.26. The Morgan fingerprint density at radius 2 is 2.24 bits per heavy atom. The molecule has 3 heteroatoms. The van der Waals surface area contributed by atoms with Gasteiger partial charge in [-0.1, -0.05) is 18.2 Å². The second kappa shape index (κ2) is 3.91. The zero-order valence-electron chi connectivity index (χ0n) is 9.57. The van der Waals surface area contributed by atoms with Crippen LogP contribution in [0.2, 0.25) is 0 Å². The summed E-state index contributed by atoms with van der Waals surface area (Å²) in [6.07, 6.45) is 3.36. The highest BCUT2D eigenvalue weighted by Crippen LogP contribution is 2.38. The van der Waals surface area contributed by atoms with E-state index in [1.807, 2.05) is 12.1 Å². The van der Waals surface area contributed by atoms with E-state index in [1.165, 1.54) is 16.6 Å². The Labute approximate surface area is 99.5 Å². The molecule has 3 nitrogen and oxygen atoms in total. The van der Waals surface area contributed by atoms with Gasteiger partial charge >= 0.3 is 5.97 Å². The Kier molecular flexibility index (Phi) is 2.39. The number of H-pyrrole nitrogens is 1. The van der Waals surface area contributed by atoms with Crippen LogP contribution in [-0.4, -0.2) is 16.1 Å². The van der Waals surface area contributed by atoms with Crippen molar-refractivity contribution in [3.8, 4) is 0 Å². The summed E-state index contributed by atoms with van der Waals surface area (Å²) in [7, 11) is 0. The molecule has 0 saturated heterocycles. The molecule has 1 unspecified atom stereocenters. The summed E-state index contributed by atoms with van der Waals surface area (Å²) in [4.78, 5) is 14.4. The average molecular weight is 229 g/mol. The number of rotatable bonds is 2. The standard InChI is InChI=1S/C14H15NO2/c16-13(17)8-9-4-3-7-12-14(9)10-5-1-2-6-11(10)15-12/h1-2,5-6,9,15H,3-4,7-8H2,(H,16,17). The van der Waals surface area contributed by atoms with Crippen LogP contribution in [0, 0.1) is 0 Å². The molecule has 0 spiro atoms. The van der Waals surface area contributed by atoms with E-state index in [2.05, 4.69) is 17.1 Å². The van der Waals surface area contributed by atoms with Gasteiger partial charge in [-0.3, -0.25) is 4.79 Å². The lowest BCUT2D eigenvalue weighted by Crippen LogP contribution is -2.12. The van der Waals surface area contributed by atoms with Crippen LogP contribution in [0.4, 0.5) is 0 Å². The minimum absolute atomic E-state index is 0.174. The van der Waals surface area contributed by atoms with Crippen LogP contribution in [0.3, 0.4) is 0 Å². The van der Waals surface area contributed by atoms with Crippen molar-refractivity contribution in [2.45, 2.75) is 31.6 Å². The van der Waals surface area contributed by atoms with Crippen molar-refractivity contribution < 1.29 is 9.90 Å². The molecule has 2 N–H and O–H groups in total. The molecule has 0 fully saturated rings. The summed E-state index contributed by atoms with van der Waals surface area (Å²) in [5, 5.41) is 10.2. The zero-order valence-corrected chi connectivity index (χ0v) is 9.57. The van der Waals surface area contributed by atoms with Gasteiger partial charge in [0.2, 0.25) is 0 Å². The maximum atomic E-state index is 10.9. The Morgan fingerprint density at radius 1 is 1.41 bits per heavy atom. The van der Waals surface area contributed by atoms with E-state index in [0.29, 0.717) is 0 Å². The van der Waals surface area contributed by atoms with Gasteiger partial charge in [0.25, 0.3) is 0 Å². The first-order valence-corrected chi connectivity index (χ1v) is 6.07. The highest BCUT2D eigenvalue weighted by atomic mass is 16.4. The first-order valence-electron chi connectivity index (χ1n) is 6.07. The average Bonchev–Trinajstić information content (AvgIpc) is 2.67. The van der Waals surface area contributed by atoms with Crippen molar-refractivity contribution in [3.05, 3.63) is 35.5 Å². The molecule has 1 atom stereocenters. The van der Waals surface area contributed by atoms with Crippen LogP contribution < -0.4 is 0 Å². The molecule has 0 bridgehead atoms. The normalized spacial score (nSPS) is 19.2. The third-order valence-electron chi connectivity index (χ3n) is 3.64.